The Morgan fingerprint density at radius 1 is 1.08 bits per heavy atom. The Labute approximate surface area is 92.5 Å². The van der Waals surface area contributed by atoms with Crippen molar-refractivity contribution < 1.29 is 0 Å². The predicted molar refractivity (Wildman–Crippen MR) is 67.6 cm³/mol. The summed E-state index contributed by atoms with van der Waals surface area (Å²) in [6.07, 6.45) is 0. The minimum Gasteiger partial charge on any atom is -0.305 e. The highest BCUT2D eigenvalue weighted by molar-refractivity contribution is 8.69. The molecule has 1 nitrogen and oxygen atoms in total. The van der Waals surface area contributed by atoms with Gasteiger partial charge in [0.1, 0.15) is 0 Å². The van der Waals surface area contributed by atoms with Crippen molar-refractivity contribution in [3.8, 4) is 0 Å². The van der Waals surface area contributed by atoms with Crippen LogP contribution in [0.2, 0.25) is 0 Å². The van der Waals surface area contributed by atoms with Crippen molar-refractivity contribution >= 4 is 22.5 Å². The lowest BCUT2D eigenvalue weighted by atomic mass is 9.79. The average Bonchev–Trinajstić information content (AvgIpc) is 1.82. The van der Waals surface area contributed by atoms with E-state index in [4.69, 9.17) is 0 Å². The van der Waals surface area contributed by atoms with Gasteiger partial charge in [0.2, 0.25) is 0 Å². The molecular weight excluding hydrogens is 198 g/mol. The number of nitrogens with zero attached hydrogens (tertiary/aromatic N) is 1. The maximum Gasteiger partial charge on any atom is 0.0364 e. The summed E-state index contributed by atoms with van der Waals surface area (Å²) in [7, 11) is 5.92. The van der Waals surface area contributed by atoms with Crippen LogP contribution in [0.3, 0.4) is 0 Å². The van der Waals surface area contributed by atoms with Crippen LogP contribution >= 0.6 is 22.5 Å². The van der Waals surface area contributed by atoms with E-state index in [-0.39, 0.29) is 10.2 Å². The molecule has 0 aromatic carbocycles. The summed E-state index contributed by atoms with van der Waals surface area (Å²) in [6, 6.07) is 0.516. The second-order valence-corrected chi connectivity index (χ2v) is 7.21. The maximum absolute atomic E-state index is 4.36. The zero-order valence-corrected chi connectivity index (χ0v) is 11.6. The van der Waals surface area contributed by atoms with Crippen molar-refractivity contribution in [2.24, 2.45) is 5.41 Å². The quantitative estimate of drug-likeness (QED) is 0.575. The maximum atomic E-state index is 4.36. The van der Waals surface area contributed by atoms with Crippen LogP contribution in [-0.4, -0.2) is 29.8 Å². The second kappa shape index (κ2) is 4.45. The first-order chi connectivity index (χ1) is 5.63. The Balaban J connectivity index is 4.83. The fraction of sp³-hybridized carbons (Fsp3) is 1.00. The molecule has 13 heavy (non-hydrogen) atoms. The Morgan fingerprint density at radius 3 is 1.54 bits per heavy atom. The van der Waals surface area contributed by atoms with Gasteiger partial charge < -0.3 is 4.90 Å². The molecule has 0 aromatic rings. The molecule has 0 N–H and O–H groups in total. The van der Waals surface area contributed by atoms with Crippen molar-refractivity contribution in [2.45, 2.75) is 45.4 Å². The van der Waals surface area contributed by atoms with Gasteiger partial charge in [0.15, 0.2) is 0 Å². The molecule has 0 heterocycles. The van der Waals surface area contributed by atoms with Gasteiger partial charge in [-0.05, 0) is 33.4 Å². The molecule has 3 heteroatoms. The van der Waals surface area contributed by atoms with E-state index in [9.17, 15) is 0 Å². The normalized spacial score (nSPS) is 16.4. The average molecular weight is 221 g/mol. The molecule has 0 rings (SSSR count). The van der Waals surface area contributed by atoms with Crippen LogP contribution in [0.1, 0.15) is 34.6 Å². The summed E-state index contributed by atoms with van der Waals surface area (Å²) < 4.78 is 0.171. The van der Waals surface area contributed by atoms with Crippen LogP contribution in [0, 0.1) is 5.41 Å². The molecule has 0 saturated carbocycles. The van der Waals surface area contributed by atoms with Gasteiger partial charge >= 0.3 is 0 Å². The van der Waals surface area contributed by atoms with Gasteiger partial charge in [-0.15, -0.1) is 11.7 Å². The van der Waals surface area contributed by atoms with Crippen LogP contribution in [0.25, 0.3) is 0 Å². The van der Waals surface area contributed by atoms with E-state index in [1.165, 1.54) is 0 Å². The summed E-state index contributed by atoms with van der Waals surface area (Å²) in [5.41, 5.74) is 0.280. The summed E-state index contributed by atoms with van der Waals surface area (Å²) in [5.74, 6) is 0. The Kier molecular flexibility index (Phi) is 4.68. The molecule has 0 aliphatic heterocycles. The zero-order chi connectivity index (χ0) is 10.9. The van der Waals surface area contributed by atoms with Crippen molar-refractivity contribution in [2.75, 3.05) is 14.1 Å². The Hall–Kier alpha value is 0.660. The van der Waals surface area contributed by atoms with Gasteiger partial charge in [0, 0.05) is 10.8 Å². The molecular formula is C10H23NS2. The second-order valence-electron chi connectivity index (χ2n) is 5.43. The topological polar surface area (TPSA) is 3.24 Å². The van der Waals surface area contributed by atoms with Gasteiger partial charge in [-0.3, -0.25) is 0 Å². The van der Waals surface area contributed by atoms with Crippen LogP contribution in [-0.2, 0) is 0 Å². The van der Waals surface area contributed by atoms with E-state index < -0.39 is 0 Å². The molecule has 1 unspecified atom stereocenters. The van der Waals surface area contributed by atoms with Crippen molar-refractivity contribution in [1.29, 1.82) is 0 Å². The summed E-state index contributed by atoms with van der Waals surface area (Å²) >= 11 is 4.36. The van der Waals surface area contributed by atoms with Gasteiger partial charge in [-0.25, -0.2) is 0 Å². The first-order valence-corrected chi connectivity index (χ1v) is 6.49. The predicted octanol–water partition coefficient (Wildman–Crippen LogP) is 3.32. The lowest BCUT2D eigenvalue weighted by molar-refractivity contribution is 0.124. The molecule has 0 aliphatic carbocycles. The van der Waals surface area contributed by atoms with Crippen molar-refractivity contribution in [3.63, 3.8) is 0 Å². The third-order valence-corrected chi connectivity index (χ3v) is 4.34. The van der Waals surface area contributed by atoms with E-state index in [0.717, 1.165) is 0 Å². The fourth-order valence-electron chi connectivity index (χ4n) is 2.49. The largest absolute Gasteiger partial charge is 0.305 e. The first-order valence-electron chi connectivity index (χ1n) is 4.62. The van der Waals surface area contributed by atoms with Gasteiger partial charge in [-0.2, -0.15) is 0 Å². The monoisotopic (exact) mass is 221 g/mol. The van der Waals surface area contributed by atoms with E-state index >= 15 is 0 Å². The molecule has 0 fully saturated rings. The van der Waals surface area contributed by atoms with E-state index in [1.54, 1.807) is 10.8 Å². The van der Waals surface area contributed by atoms with Crippen LogP contribution in [0.5, 0.6) is 0 Å². The highest BCUT2D eigenvalue weighted by Crippen LogP contribution is 2.41. The SMILES string of the molecule is CN(C)C(C(C)(C)C)C(C)(C)SS. The Morgan fingerprint density at radius 2 is 1.46 bits per heavy atom. The molecule has 0 saturated heterocycles. The molecule has 0 aliphatic rings. The molecule has 0 bridgehead atoms. The standard InChI is InChI=1S/C10H23NS2/c1-9(2,3)8(11(6)7)10(4,5)13-12/h8,12H,1-7H3. The fourth-order valence-corrected chi connectivity index (χ4v) is 3.45. The minimum atomic E-state index is 0.171. The first kappa shape index (κ1) is 13.7. The summed E-state index contributed by atoms with van der Waals surface area (Å²) in [5, 5.41) is 0. The Bertz CT molecular complexity index is 159. The lowest BCUT2D eigenvalue weighted by Gasteiger charge is -2.45. The minimum absolute atomic E-state index is 0.171. The van der Waals surface area contributed by atoms with Crippen LogP contribution < -0.4 is 0 Å². The lowest BCUT2D eigenvalue weighted by Crippen LogP contribution is -2.51. The third kappa shape index (κ3) is 3.72. The molecule has 1 atom stereocenters. The number of thiol groups is 1. The zero-order valence-electron chi connectivity index (χ0n) is 9.88. The van der Waals surface area contributed by atoms with E-state index in [2.05, 4.69) is 65.3 Å². The van der Waals surface area contributed by atoms with Gasteiger partial charge in [0.25, 0.3) is 0 Å². The number of hydrogen-bond acceptors (Lipinski definition) is 3. The van der Waals surface area contributed by atoms with Crippen LogP contribution in [0.15, 0.2) is 0 Å². The third-order valence-electron chi connectivity index (χ3n) is 2.23. The molecule has 80 valence electrons. The summed E-state index contributed by atoms with van der Waals surface area (Å²) in [6.45, 7) is 11.3. The van der Waals surface area contributed by atoms with Gasteiger partial charge in [-0.1, -0.05) is 31.6 Å². The van der Waals surface area contributed by atoms with Crippen LogP contribution in [0.4, 0.5) is 0 Å². The smallest absolute Gasteiger partial charge is 0.0364 e. The van der Waals surface area contributed by atoms with E-state index in [1.807, 2.05) is 0 Å². The molecule has 0 amide bonds. The molecule has 0 aromatic heterocycles. The van der Waals surface area contributed by atoms with E-state index in [0.29, 0.717) is 6.04 Å². The number of rotatable bonds is 3. The molecule has 0 spiro atoms. The highest BCUT2D eigenvalue weighted by atomic mass is 33.1. The number of hydrogen-bond donors (Lipinski definition) is 1. The van der Waals surface area contributed by atoms with Crippen molar-refractivity contribution in [3.05, 3.63) is 0 Å². The highest BCUT2D eigenvalue weighted by Gasteiger charge is 2.39. The van der Waals surface area contributed by atoms with Gasteiger partial charge in [0.05, 0.1) is 0 Å². The molecule has 0 radical (unpaired) electrons. The van der Waals surface area contributed by atoms with Crippen molar-refractivity contribution in [1.82, 2.24) is 4.90 Å². The summed E-state index contributed by atoms with van der Waals surface area (Å²) in [4.78, 5) is 2.29.